The Balaban J connectivity index is 1.09. The number of aliphatic hydroxyl groups is 1. The molecule has 7 rings (SSSR count). The first-order valence-electron chi connectivity index (χ1n) is 18.4. The molecule has 4 aromatic heterocycles. The number of rotatable bonds is 10. The van der Waals surface area contributed by atoms with Crippen LogP contribution in [0.15, 0.2) is 54.9 Å². The molecule has 2 aliphatic rings. The Kier molecular flexibility index (Phi) is 9.94. The molecule has 0 saturated carbocycles. The number of hydrogen-bond donors (Lipinski definition) is 3. The van der Waals surface area contributed by atoms with Crippen molar-refractivity contribution < 1.29 is 14.6 Å². The molecule has 14 heteroatoms. The molecule has 3 atom stereocenters. The van der Waals surface area contributed by atoms with Gasteiger partial charge < -0.3 is 25.0 Å². The molecule has 5 heterocycles. The van der Waals surface area contributed by atoms with E-state index in [1.54, 1.807) is 9.36 Å². The van der Waals surface area contributed by atoms with Gasteiger partial charge in [-0.25, -0.2) is 4.79 Å². The van der Waals surface area contributed by atoms with Gasteiger partial charge in [0, 0.05) is 42.4 Å². The lowest BCUT2D eigenvalue weighted by atomic mass is 9.85. The third kappa shape index (κ3) is 7.35. The van der Waals surface area contributed by atoms with Gasteiger partial charge in [-0.2, -0.15) is 14.9 Å². The van der Waals surface area contributed by atoms with Crippen LogP contribution in [0.2, 0.25) is 0 Å². The molecule has 0 unspecified atom stereocenters. The minimum Gasteiger partial charge on any atom is -0.484 e. The van der Waals surface area contributed by atoms with Gasteiger partial charge in [0.05, 0.1) is 31.1 Å². The standard InChI is InChI=1S/C38H51N11O3/c1-25-11-9-10-18-47(25)37-42-41-33-17-14-27(23-48(33)37)52-31-16-15-30(28-12-7-8-13-29(28)31)39-36(51)40-34-21-32(38(2,3)4)43-49(34)35-26(24-50)22-46(44-35)20-19-45(5)6/h7-8,12-14,17,21-23,25,30-31,50H,9-11,15-16,18-20,24H2,1-6H3,(H2,39,40,51)/t25-,30-,31+/m0/s1. The Bertz CT molecular complexity index is 2020. The molecule has 2 amide bonds. The lowest BCUT2D eigenvalue weighted by Crippen LogP contribution is -2.38. The van der Waals surface area contributed by atoms with Crippen LogP contribution in [0.3, 0.4) is 0 Å². The second-order valence-corrected chi connectivity index (χ2v) is 15.4. The van der Waals surface area contributed by atoms with Crippen LogP contribution in [0, 0.1) is 0 Å². The van der Waals surface area contributed by atoms with Crippen LogP contribution in [0.5, 0.6) is 5.75 Å². The van der Waals surface area contributed by atoms with Crippen molar-refractivity contribution in [2.24, 2.45) is 0 Å². The Morgan fingerprint density at radius 2 is 1.83 bits per heavy atom. The maximum Gasteiger partial charge on any atom is 0.320 e. The van der Waals surface area contributed by atoms with E-state index in [0.717, 1.165) is 60.1 Å². The zero-order chi connectivity index (χ0) is 36.6. The molecule has 0 spiro atoms. The topological polar surface area (TPSA) is 143 Å². The summed E-state index contributed by atoms with van der Waals surface area (Å²) in [6.45, 7) is 10.7. The second-order valence-electron chi connectivity index (χ2n) is 15.4. The van der Waals surface area contributed by atoms with Crippen molar-refractivity contribution in [3.63, 3.8) is 0 Å². The number of anilines is 2. The average Bonchev–Trinajstić information content (AvgIpc) is 3.85. The number of nitrogens with one attached hydrogen (secondary N) is 2. The third-order valence-electron chi connectivity index (χ3n) is 10.1. The van der Waals surface area contributed by atoms with E-state index in [0.29, 0.717) is 42.6 Å². The molecule has 1 saturated heterocycles. The van der Waals surface area contributed by atoms with Gasteiger partial charge in [0.1, 0.15) is 17.7 Å². The highest BCUT2D eigenvalue weighted by atomic mass is 16.5. The molecule has 276 valence electrons. The molecule has 3 N–H and O–H groups in total. The quantitative estimate of drug-likeness (QED) is 0.169. The first-order valence-corrected chi connectivity index (χ1v) is 18.4. The van der Waals surface area contributed by atoms with Gasteiger partial charge in [-0.15, -0.1) is 10.2 Å². The SMILES string of the molecule is C[C@H]1CCCCN1c1nnc2ccc(O[C@@H]3CC[C@H](NC(=O)Nc4cc(C(C)(C)C)nn4-c4nn(CCN(C)C)cc4CO)c4ccccc43)cn12. The zero-order valence-corrected chi connectivity index (χ0v) is 31.1. The van der Waals surface area contributed by atoms with E-state index in [2.05, 4.69) is 70.5 Å². The highest BCUT2D eigenvalue weighted by Gasteiger charge is 2.31. The number of fused-ring (bicyclic) bond motifs is 2. The summed E-state index contributed by atoms with van der Waals surface area (Å²) in [6.07, 6.45) is 8.58. The van der Waals surface area contributed by atoms with Crippen LogP contribution < -0.4 is 20.3 Å². The number of urea groups is 1. The maximum atomic E-state index is 13.7. The normalized spacial score (nSPS) is 19.2. The van der Waals surface area contributed by atoms with Gasteiger partial charge in [-0.05, 0) is 76.4 Å². The number of hydrogen-bond acceptors (Lipinski definition) is 9. The monoisotopic (exact) mass is 709 g/mol. The second kappa shape index (κ2) is 14.6. The summed E-state index contributed by atoms with van der Waals surface area (Å²) in [6, 6.07) is 13.8. The molecule has 1 aromatic carbocycles. The molecular weight excluding hydrogens is 658 g/mol. The van der Waals surface area contributed by atoms with E-state index in [4.69, 9.17) is 14.9 Å². The summed E-state index contributed by atoms with van der Waals surface area (Å²) in [5, 5.41) is 35.1. The number of likely N-dealkylation sites (N-methyl/N-ethyl adjacent to an activating group) is 1. The number of pyridine rings is 1. The van der Waals surface area contributed by atoms with Gasteiger partial charge in [-0.3, -0.25) is 14.4 Å². The Morgan fingerprint density at radius 3 is 2.58 bits per heavy atom. The predicted molar refractivity (Wildman–Crippen MR) is 200 cm³/mol. The van der Waals surface area contributed by atoms with E-state index in [1.807, 2.05) is 61.2 Å². The number of ether oxygens (including phenoxy) is 1. The fourth-order valence-corrected chi connectivity index (χ4v) is 7.18. The largest absolute Gasteiger partial charge is 0.484 e. The zero-order valence-electron chi connectivity index (χ0n) is 31.1. The van der Waals surface area contributed by atoms with Crippen LogP contribution in [-0.4, -0.2) is 83.4 Å². The molecule has 1 aliphatic heterocycles. The maximum absolute atomic E-state index is 13.7. The first kappa shape index (κ1) is 35.5. The van der Waals surface area contributed by atoms with Crippen molar-refractivity contribution in [1.82, 2.24) is 44.4 Å². The van der Waals surface area contributed by atoms with E-state index in [9.17, 15) is 9.90 Å². The molecule has 1 fully saturated rings. The van der Waals surface area contributed by atoms with E-state index in [1.165, 1.54) is 6.42 Å². The van der Waals surface area contributed by atoms with Gasteiger partial charge in [0.15, 0.2) is 11.5 Å². The van der Waals surface area contributed by atoms with Crippen molar-refractivity contribution in [2.75, 3.05) is 37.4 Å². The smallest absolute Gasteiger partial charge is 0.320 e. The van der Waals surface area contributed by atoms with Gasteiger partial charge >= 0.3 is 6.03 Å². The molecular formula is C38H51N11O3. The fraction of sp³-hybridized carbons (Fsp3) is 0.500. The number of nitrogens with zero attached hydrogens (tertiary/aromatic N) is 9. The summed E-state index contributed by atoms with van der Waals surface area (Å²) in [4.78, 5) is 18.1. The van der Waals surface area contributed by atoms with Gasteiger partial charge in [0.25, 0.3) is 0 Å². The average molecular weight is 710 g/mol. The lowest BCUT2D eigenvalue weighted by Gasteiger charge is -2.33. The lowest BCUT2D eigenvalue weighted by molar-refractivity contribution is 0.171. The number of benzene rings is 1. The molecule has 0 radical (unpaired) electrons. The van der Waals surface area contributed by atoms with Crippen LogP contribution in [0.1, 0.15) is 94.3 Å². The van der Waals surface area contributed by atoms with Crippen LogP contribution in [0.4, 0.5) is 16.6 Å². The number of aliphatic hydroxyl groups excluding tert-OH is 1. The molecule has 52 heavy (non-hydrogen) atoms. The Morgan fingerprint density at radius 1 is 1.02 bits per heavy atom. The number of amides is 2. The number of piperidine rings is 1. The minimum atomic E-state index is -0.351. The number of carbonyl (C=O) groups excluding carboxylic acids is 1. The van der Waals surface area contributed by atoms with E-state index >= 15 is 0 Å². The van der Waals surface area contributed by atoms with Gasteiger partial charge in [0.2, 0.25) is 5.95 Å². The van der Waals surface area contributed by atoms with Crippen LogP contribution in [0.25, 0.3) is 11.5 Å². The van der Waals surface area contributed by atoms with Crippen molar-refractivity contribution in [3.05, 3.63) is 77.2 Å². The summed E-state index contributed by atoms with van der Waals surface area (Å²) >= 11 is 0. The summed E-state index contributed by atoms with van der Waals surface area (Å²) in [5.41, 5.74) is 3.99. The molecule has 5 aromatic rings. The minimum absolute atomic E-state index is 0.182. The van der Waals surface area contributed by atoms with Crippen molar-refractivity contribution >= 4 is 23.4 Å². The van der Waals surface area contributed by atoms with Crippen LogP contribution >= 0.6 is 0 Å². The van der Waals surface area contributed by atoms with Crippen molar-refractivity contribution in [3.8, 4) is 11.6 Å². The Hall–Kier alpha value is -4.95. The summed E-state index contributed by atoms with van der Waals surface area (Å²) < 4.78 is 12.1. The molecule has 1 aliphatic carbocycles. The van der Waals surface area contributed by atoms with Crippen molar-refractivity contribution in [2.45, 2.75) is 96.6 Å². The first-order chi connectivity index (χ1) is 25.0. The highest BCUT2D eigenvalue weighted by Crippen LogP contribution is 2.39. The predicted octanol–water partition coefficient (Wildman–Crippen LogP) is 5.62. The van der Waals surface area contributed by atoms with Crippen molar-refractivity contribution in [1.29, 1.82) is 0 Å². The van der Waals surface area contributed by atoms with E-state index < -0.39 is 0 Å². The number of aromatic nitrogens is 7. The highest BCUT2D eigenvalue weighted by molar-refractivity contribution is 5.89. The Labute approximate surface area is 304 Å². The summed E-state index contributed by atoms with van der Waals surface area (Å²) in [5.74, 6) is 2.56. The fourth-order valence-electron chi connectivity index (χ4n) is 7.18. The molecule has 0 bridgehead atoms. The van der Waals surface area contributed by atoms with Crippen LogP contribution in [-0.2, 0) is 18.6 Å². The van der Waals surface area contributed by atoms with E-state index in [-0.39, 0.29) is 30.2 Å². The third-order valence-corrected chi connectivity index (χ3v) is 10.1. The summed E-state index contributed by atoms with van der Waals surface area (Å²) in [7, 11) is 4.01. The molecule has 14 nitrogen and oxygen atoms in total. The number of carbonyl (C=O) groups is 1. The van der Waals surface area contributed by atoms with Gasteiger partial charge in [-0.1, -0.05) is 45.0 Å².